The number of thioether (sulfide) groups is 1. The highest BCUT2D eigenvalue weighted by molar-refractivity contribution is 8.13. The molecule has 0 radical (unpaired) electrons. The minimum absolute atomic E-state index is 0.0252. The lowest BCUT2D eigenvalue weighted by Gasteiger charge is -2.46. The Bertz CT molecular complexity index is 999. The average Bonchev–Trinajstić information content (AvgIpc) is 3.59. The molecule has 0 saturated carbocycles. The number of nitrogens with zero attached hydrogens (tertiary/aromatic N) is 1. The number of rotatable bonds is 3. The Labute approximate surface area is 176 Å². The molecule has 2 aromatic rings. The lowest BCUT2D eigenvalue weighted by molar-refractivity contribution is -0.0672. The predicted octanol–water partition coefficient (Wildman–Crippen LogP) is 3.50. The molecule has 0 spiro atoms. The fourth-order valence-corrected chi connectivity index (χ4v) is 5.33. The van der Waals surface area contributed by atoms with E-state index in [0.717, 1.165) is 6.07 Å². The second-order valence-corrected chi connectivity index (χ2v) is 8.76. The molecule has 3 aliphatic rings. The number of carbonyl (C=O) groups is 1. The minimum atomic E-state index is -1.02. The zero-order valence-corrected chi connectivity index (χ0v) is 16.8. The average molecular weight is 430 g/mol. The molecule has 4 unspecified atom stereocenters. The number of epoxide rings is 1. The normalized spacial score (nSPS) is 30.2. The molecule has 0 bridgehead atoms. The van der Waals surface area contributed by atoms with Crippen LogP contribution in [-0.4, -0.2) is 42.2 Å². The number of nitrogens with one attached hydrogen (secondary N) is 1. The summed E-state index contributed by atoms with van der Waals surface area (Å²) in [6.07, 6.45) is 0.690. The monoisotopic (exact) mass is 430 g/mol. The maximum Gasteiger partial charge on any atom is 0.257 e. The lowest BCUT2D eigenvalue weighted by atomic mass is 9.74. The van der Waals surface area contributed by atoms with E-state index in [4.69, 9.17) is 14.5 Å². The SMILES string of the molecule is O=C(NC1=NC2(c3ccc(F)cc3F)COC(C3CO3)CC2CS1)c1ccccc1. The van der Waals surface area contributed by atoms with Gasteiger partial charge in [0.2, 0.25) is 0 Å². The summed E-state index contributed by atoms with van der Waals surface area (Å²) in [6, 6.07) is 12.4. The van der Waals surface area contributed by atoms with E-state index in [1.165, 1.54) is 23.9 Å². The molecule has 30 heavy (non-hydrogen) atoms. The van der Waals surface area contributed by atoms with E-state index in [-0.39, 0.29) is 36.2 Å². The first-order valence-corrected chi connectivity index (χ1v) is 10.8. The van der Waals surface area contributed by atoms with Gasteiger partial charge in [0.05, 0.1) is 19.3 Å². The zero-order valence-electron chi connectivity index (χ0n) is 16.0. The number of fused-ring (bicyclic) bond motifs is 1. The molecule has 2 saturated heterocycles. The second kappa shape index (κ2) is 7.76. The molecule has 156 valence electrons. The number of benzene rings is 2. The Morgan fingerprint density at radius 3 is 2.67 bits per heavy atom. The third-order valence-corrected chi connectivity index (χ3v) is 6.90. The lowest BCUT2D eigenvalue weighted by Crippen LogP contribution is -2.52. The van der Waals surface area contributed by atoms with Crippen LogP contribution in [0.5, 0.6) is 0 Å². The smallest absolute Gasteiger partial charge is 0.257 e. The van der Waals surface area contributed by atoms with Gasteiger partial charge in [-0.3, -0.25) is 4.79 Å². The maximum atomic E-state index is 14.8. The van der Waals surface area contributed by atoms with Gasteiger partial charge in [0.1, 0.15) is 23.3 Å². The summed E-state index contributed by atoms with van der Waals surface area (Å²) in [7, 11) is 0. The van der Waals surface area contributed by atoms with Crippen molar-refractivity contribution in [2.75, 3.05) is 19.0 Å². The predicted molar refractivity (Wildman–Crippen MR) is 109 cm³/mol. The first-order chi connectivity index (χ1) is 14.5. The van der Waals surface area contributed by atoms with Crippen molar-refractivity contribution in [3.05, 3.63) is 71.3 Å². The van der Waals surface area contributed by atoms with Gasteiger partial charge in [-0.2, -0.15) is 0 Å². The highest BCUT2D eigenvalue weighted by atomic mass is 32.2. The van der Waals surface area contributed by atoms with Crippen LogP contribution in [0.4, 0.5) is 8.78 Å². The molecular formula is C22H20F2N2O3S. The summed E-state index contributed by atoms with van der Waals surface area (Å²) in [5.41, 5.74) is -0.222. The van der Waals surface area contributed by atoms with Crippen molar-refractivity contribution in [2.24, 2.45) is 10.9 Å². The van der Waals surface area contributed by atoms with Gasteiger partial charge in [-0.1, -0.05) is 36.0 Å². The first-order valence-electron chi connectivity index (χ1n) is 9.83. The van der Waals surface area contributed by atoms with Crippen molar-refractivity contribution in [1.82, 2.24) is 5.32 Å². The maximum absolute atomic E-state index is 14.8. The third kappa shape index (κ3) is 3.64. The number of hydrogen-bond donors (Lipinski definition) is 1. The number of carbonyl (C=O) groups excluding carboxylic acids is 1. The minimum Gasteiger partial charge on any atom is -0.373 e. The van der Waals surface area contributed by atoms with Crippen LogP contribution in [0.2, 0.25) is 0 Å². The van der Waals surface area contributed by atoms with Crippen LogP contribution in [-0.2, 0) is 15.0 Å². The van der Waals surface area contributed by atoms with Crippen molar-refractivity contribution < 1.29 is 23.0 Å². The highest BCUT2D eigenvalue weighted by Gasteiger charge is 2.52. The van der Waals surface area contributed by atoms with Crippen LogP contribution in [0.1, 0.15) is 22.3 Å². The molecule has 5 nitrogen and oxygen atoms in total. The van der Waals surface area contributed by atoms with E-state index in [9.17, 15) is 13.6 Å². The molecule has 2 fully saturated rings. The topological polar surface area (TPSA) is 63.2 Å². The van der Waals surface area contributed by atoms with Gasteiger partial charge < -0.3 is 14.8 Å². The van der Waals surface area contributed by atoms with Crippen LogP contribution < -0.4 is 5.32 Å². The molecule has 1 N–H and O–H groups in total. The van der Waals surface area contributed by atoms with Crippen LogP contribution >= 0.6 is 11.8 Å². The van der Waals surface area contributed by atoms with Gasteiger partial charge in [-0.25, -0.2) is 13.8 Å². The summed E-state index contributed by atoms with van der Waals surface area (Å²) in [6.45, 7) is 0.820. The molecule has 0 aromatic heterocycles. The molecule has 1 amide bonds. The summed E-state index contributed by atoms with van der Waals surface area (Å²) in [5.74, 6) is -0.970. The van der Waals surface area contributed by atoms with E-state index >= 15 is 0 Å². The fraction of sp³-hybridized carbons (Fsp3) is 0.364. The van der Waals surface area contributed by atoms with E-state index in [1.54, 1.807) is 24.3 Å². The van der Waals surface area contributed by atoms with Crippen LogP contribution in [0, 0.1) is 17.6 Å². The molecule has 4 atom stereocenters. The fourth-order valence-electron chi connectivity index (χ4n) is 4.17. The molecule has 0 aliphatic carbocycles. The van der Waals surface area contributed by atoms with Crippen LogP contribution in [0.15, 0.2) is 53.5 Å². The van der Waals surface area contributed by atoms with E-state index < -0.39 is 17.2 Å². The first kappa shape index (κ1) is 19.7. The van der Waals surface area contributed by atoms with Crippen molar-refractivity contribution in [3.63, 3.8) is 0 Å². The quantitative estimate of drug-likeness (QED) is 0.758. The van der Waals surface area contributed by atoms with Crippen molar-refractivity contribution in [1.29, 1.82) is 0 Å². The molecule has 8 heteroatoms. The molecule has 3 heterocycles. The van der Waals surface area contributed by atoms with Gasteiger partial charge in [-0.05, 0) is 24.6 Å². The number of hydrogen-bond acceptors (Lipinski definition) is 5. The Kier molecular flexibility index (Phi) is 5.08. The number of aliphatic imine (C=N–C) groups is 1. The van der Waals surface area contributed by atoms with E-state index in [1.807, 2.05) is 6.07 Å². The van der Waals surface area contributed by atoms with Crippen molar-refractivity contribution >= 4 is 22.8 Å². The second-order valence-electron chi connectivity index (χ2n) is 7.75. The summed E-state index contributed by atoms with van der Waals surface area (Å²) < 4.78 is 39.8. The Morgan fingerprint density at radius 2 is 1.93 bits per heavy atom. The van der Waals surface area contributed by atoms with Gasteiger partial charge >= 0.3 is 0 Å². The highest BCUT2D eigenvalue weighted by Crippen LogP contribution is 2.48. The number of halogens is 2. The standard InChI is InChI=1S/C22H20F2N2O3S/c23-15-6-7-16(17(24)9-15)22-12-29-18(19-10-28-19)8-14(22)11-30-21(26-22)25-20(27)13-4-2-1-3-5-13/h1-7,9,14,18-19H,8,10-12H2,(H,25,26,27). The summed E-state index contributed by atoms with van der Waals surface area (Å²) in [5, 5.41) is 3.25. The van der Waals surface area contributed by atoms with Crippen LogP contribution in [0.25, 0.3) is 0 Å². The number of amidine groups is 1. The molecular weight excluding hydrogens is 410 g/mol. The van der Waals surface area contributed by atoms with Crippen molar-refractivity contribution in [3.8, 4) is 0 Å². The van der Waals surface area contributed by atoms with E-state index in [2.05, 4.69) is 5.32 Å². The van der Waals surface area contributed by atoms with E-state index in [0.29, 0.717) is 29.5 Å². The zero-order chi connectivity index (χ0) is 20.7. The molecule has 2 aromatic carbocycles. The van der Waals surface area contributed by atoms with Gasteiger partial charge in [-0.15, -0.1) is 0 Å². The van der Waals surface area contributed by atoms with Crippen LogP contribution in [0.3, 0.4) is 0 Å². The van der Waals surface area contributed by atoms with Gasteiger partial charge in [0, 0.05) is 28.9 Å². The van der Waals surface area contributed by atoms with Gasteiger partial charge in [0.25, 0.3) is 5.91 Å². The summed E-state index contributed by atoms with van der Waals surface area (Å²) in [4.78, 5) is 17.4. The Hall–Kier alpha value is -2.29. The molecule has 3 aliphatic heterocycles. The van der Waals surface area contributed by atoms with Gasteiger partial charge in [0.15, 0.2) is 5.17 Å². The third-order valence-electron chi connectivity index (χ3n) is 5.86. The summed E-state index contributed by atoms with van der Waals surface area (Å²) >= 11 is 1.43. The molecule has 5 rings (SSSR count). The van der Waals surface area contributed by atoms with Crippen molar-refractivity contribution in [2.45, 2.75) is 24.2 Å². The number of amides is 1. The Morgan fingerprint density at radius 1 is 1.13 bits per heavy atom. The largest absolute Gasteiger partial charge is 0.373 e. The Balaban J connectivity index is 1.49. The number of ether oxygens (including phenoxy) is 2.